The van der Waals surface area contributed by atoms with Gasteiger partial charge < -0.3 is 9.84 Å². The Morgan fingerprint density at radius 3 is 2.37 bits per heavy atom. The third-order valence-electron chi connectivity index (χ3n) is 4.05. The van der Waals surface area contributed by atoms with Crippen LogP contribution in [0.5, 0.6) is 5.75 Å². The molecule has 7 heteroatoms. The van der Waals surface area contributed by atoms with Crippen LogP contribution in [0.1, 0.15) is 19.4 Å². The number of amides is 1. The molecule has 2 aromatic carbocycles. The second-order valence-corrected chi connectivity index (χ2v) is 7.23. The first-order chi connectivity index (χ1) is 13.0. The third-order valence-corrected chi connectivity index (χ3v) is 5.71. The molecule has 0 saturated carbocycles. The number of nitrogens with zero attached hydrogens (tertiary/aromatic N) is 1. The lowest BCUT2D eigenvalue weighted by Gasteiger charge is -2.32. The number of benzene rings is 2. The van der Waals surface area contributed by atoms with Gasteiger partial charge in [-0.05, 0) is 36.2 Å². The number of methoxy groups -OCH3 is 1. The van der Waals surface area contributed by atoms with E-state index in [1.807, 2.05) is 26.0 Å². The van der Waals surface area contributed by atoms with Gasteiger partial charge in [0.15, 0.2) is 0 Å². The molecule has 1 N–H and O–H groups in total. The van der Waals surface area contributed by atoms with Gasteiger partial charge in [0.2, 0.25) is 5.91 Å². The molecule has 27 heavy (non-hydrogen) atoms. The van der Waals surface area contributed by atoms with E-state index in [0.29, 0.717) is 16.3 Å². The molecule has 2 atom stereocenters. The molecule has 3 rings (SSSR count). The van der Waals surface area contributed by atoms with Crippen molar-refractivity contribution in [1.29, 1.82) is 0 Å². The molecule has 6 nitrogen and oxygen atoms in total. The smallest absolute Gasteiger partial charge is 0.323 e. The van der Waals surface area contributed by atoms with Crippen LogP contribution in [0.2, 0.25) is 0 Å². The van der Waals surface area contributed by atoms with Crippen LogP contribution in [-0.4, -0.2) is 40.1 Å². The molecule has 1 aliphatic heterocycles. The van der Waals surface area contributed by atoms with Gasteiger partial charge in [0.1, 0.15) is 17.5 Å². The van der Waals surface area contributed by atoms with Gasteiger partial charge in [-0.3, -0.25) is 18.7 Å². The van der Waals surface area contributed by atoms with E-state index in [1.165, 1.54) is 4.90 Å². The summed E-state index contributed by atoms with van der Waals surface area (Å²) < 4.78 is 18.0. The van der Waals surface area contributed by atoms with E-state index in [9.17, 15) is 13.8 Å². The molecule has 0 spiro atoms. The minimum atomic E-state index is -1.54. The first kappa shape index (κ1) is 20.6. The highest BCUT2D eigenvalue weighted by Gasteiger charge is 2.39. The third kappa shape index (κ3) is 4.54. The number of carbonyl (C=O) groups is 2. The summed E-state index contributed by atoms with van der Waals surface area (Å²) in [6, 6.07) is 13.9. The van der Waals surface area contributed by atoms with Gasteiger partial charge in [0.25, 0.3) is 0 Å². The predicted octanol–water partition coefficient (Wildman–Crippen LogP) is 2.87. The summed E-state index contributed by atoms with van der Waals surface area (Å²) in [5.74, 6) is -0.855. The van der Waals surface area contributed by atoms with Crippen LogP contribution in [0, 0.1) is 0 Å². The fourth-order valence-electron chi connectivity index (χ4n) is 2.82. The Labute approximate surface area is 161 Å². The van der Waals surface area contributed by atoms with E-state index in [4.69, 9.17) is 9.84 Å². The number of carboxylic acids is 1. The summed E-state index contributed by atoms with van der Waals surface area (Å²) in [5, 5.41) is 8.31. The number of rotatable bonds is 5. The Bertz CT molecular complexity index is 835. The fraction of sp³-hybridized carbons (Fsp3) is 0.300. The van der Waals surface area contributed by atoms with E-state index >= 15 is 0 Å². The summed E-state index contributed by atoms with van der Waals surface area (Å²) in [6.45, 7) is 3.55. The van der Waals surface area contributed by atoms with Crippen LogP contribution >= 0.6 is 0 Å². The monoisotopic (exact) mass is 389 g/mol. The van der Waals surface area contributed by atoms with Crippen molar-refractivity contribution in [3.05, 3.63) is 54.1 Å². The van der Waals surface area contributed by atoms with E-state index in [0.717, 1.165) is 5.56 Å². The van der Waals surface area contributed by atoms with Crippen molar-refractivity contribution in [2.45, 2.75) is 30.4 Å². The summed E-state index contributed by atoms with van der Waals surface area (Å²) >= 11 is 0. The lowest BCUT2D eigenvalue weighted by Crippen LogP contribution is -2.48. The number of ether oxygens (including phenoxy) is 1. The van der Waals surface area contributed by atoms with Gasteiger partial charge in [0.05, 0.1) is 28.5 Å². The number of hydrogen-bond donors (Lipinski definition) is 1. The Morgan fingerprint density at radius 2 is 1.78 bits per heavy atom. The molecule has 1 amide bonds. The number of aliphatic carboxylic acids is 1. The predicted molar refractivity (Wildman–Crippen MR) is 105 cm³/mol. The zero-order valence-corrected chi connectivity index (χ0v) is 16.4. The van der Waals surface area contributed by atoms with Crippen molar-refractivity contribution < 1.29 is 23.6 Å². The van der Waals surface area contributed by atoms with Crippen molar-refractivity contribution in [3.63, 3.8) is 0 Å². The molecule has 2 aromatic rings. The van der Waals surface area contributed by atoms with Crippen LogP contribution in [0.15, 0.2) is 53.4 Å². The van der Waals surface area contributed by atoms with E-state index in [-0.39, 0.29) is 6.42 Å². The molecular weight excluding hydrogens is 366 g/mol. The summed E-state index contributed by atoms with van der Waals surface area (Å²) in [4.78, 5) is 25.7. The highest BCUT2D eigenvalue weighted by molar-refractivity contribution is 7.86. The second kappa shape index (κ2) is 9.32. The van der Waals surface area contributed by atoms with Crippen molar-refractivity contribution in [1.82, 2.24) is 0 Å². The average Bonchev–Trinajstić information content (AvgIpc) is 2.70. The molecule has 1 aliphatic rings. The zero-order valence-electron chi connectivity index (χ0n) is 15.5. The SMILES string of the molecule is CC.COc1ccc(CC2C(=O)N(CC(=O)O)c3ccccc3S2=O)cc1. The molecule has 0 aromatic heterocycles. The van der Waals surface area contributed by atoms with Crippen molar-refractivity contribution >= 4 is 28.4 Å². The molecule has 0 aliphatic carbocycles. The highest BCUT2D eigenvalue weighted by Crippen LogP contribution is 2.33. The first-order valence-electron chi connectivity index (χ1n) is 8.67. The van der Waals surface area contributed by atoms with Crippen LogP contribution in [0.4, 0.5) is 5.69 Å². The van der Waals surface area contributed by atoms with Gasteiger partial charge in [-0.1, -0.05) is 38.1 Å². The number of carboxylic acid groups (broad SMARTS) is 1. The second-order valence-electron chi connectivity index (χ2n) is 5.62. The molecule has 1 heterocycles. The van der Waals surface area contributed by atoms with Crippen LogP contribution in [0.25, 0.3) is 0 Å². The molecule has 2 unspecified atom stereocenters. The number of anilines is 1. The lowest BCUT2D eigenvalue weighted by atomic mass is 10.1. The largest absolute Gasteiger partial charge is 0.497 e. The van der Waals surface area contributed by atoms with Gasteiger partial charge in [0, 0.05) is 0 Å². The van der Waals surface area contributed by atoms with Gasteiger partial charge in [-0.25, -0.2) is 0 Å². The standard InChI is InChI=1S/C18H17NO5S.C2H6/c1-24-13-8-6-12(7-9-13)10-16-18(22)19(11-17(20)21)14-4-2-3-5-15(14)25(16)23;1-2/h2-9,16H,10-11H2,1H3,(H,20,21);1-2H3. The number of para-hydroxylation sites is 1. The van der Waals surface area contributed by atoms with E-state index in [1.54, 1.807) is 43.5 Å². The Balaban J connectivity index is 0.00000126. The molecule has 0 saturated heterocycles. The molecule has 144 valence electrons. The van der Waals surface area contributed by atoms with Gasteiger partial charge in [-0.15, -0.1) is 0 Å². The highest BCUT2D eigenvalue weighted by atomic mass is 32.2. The summed E-state index contributed by atoms with van der Waals surface area (Å²) in [7, 11) is 0.0234. The molecule has 0 radical (unpaired) electrons. The Kier molecular flexibility index (Phi) is 7.12. The van der Waals surface area contributed by atoms with Gasteiger partial charge >= 0.3 is 5.97 Å². The van der Waals surface area contributed by atoms with Gasteiger partial charge in [-0.2, -0.15) is 0 Å². The topological polar surface area (TPSA) is 83.9 Å². The van der Waals surface area contributed by atoms with Crippen molar-refractivity contribution in [2.24, 2.45) is 0 Å². The fourth-order valence-corrected chi connectivity index (χ4v) is 4.38. The van der Waals surface area contributed by atoms with Crippen molar-refractivity contribution in [2.75, 3.05) is 18.6 Å². The maximum atomic E-state index is 12.9. The zero-order chi connectivity index (χ0) is 20.0. The minimum absolute atomic E-state index is 0.264. The molecule has 0 bridgehead atoms. The number of hydrogen-bond acceptors (Lipinski definition) is 4. The minimum Gasteiger partial charge on any atom is -0.497 e. The maximum Gasteiger partial charge on any atom is 0.323 e. The maximum absolute atomic E-state index is 12.9. The van der Waals surface area contributed by atoms with E-state index < -0.39 is 34.5 Å². The quantitative estimate of drug-likeness (QED) is 0.850. The number of carbonyl (C=O) groups excluding carboxylic acids is 1. The van der Waals surface area contributed by atoms with Crippen molar-refractivity contribution in [3.8, 4) is 5.75 Å². The molecular formula is C20H23NO5S. The lowest BCUT2D eigenvalue weighted by molar-refractivity contribution is -0.136. The Morgan fingerprint density at radius 1 is 1.15 bits per heavy atom. The Hall–Kier alpha value is -2.67. The average molecular weight is 389 g/mol. The number of fused-ring (bicyclic) bond motifs is 1. The summed E-state index contributed by atoms with van der Waals surface area (Å²) in [6.07, 6.45) is 0.264. The first-order valence-corrected chi connectivity index (χ1v) is 9.88. The normalized spacial score (nSPS) is 18.2. The van der Waals surface area contributed by atoms with Crippen LogP contribution < -0.4 is 9.64 Å². The summed E-state index contributed by atoms with van der Waals surface area (Å²) in [5.41, 5.74) is 1.24. The van der Waals surface area contributed by atoms with Crippen LogP contribution in [0.3, 0.4) is 0 Å². The van der Waals surface area contributed by atoms with Crippen LogP contribution in [-0.2, 0) is 26.8 Å². The molecule has 0 fully saturated rings. The van der Waals surface area contributed by atoms with E-state index in [2.05, 4.69) is 0 Å².